The molecule has 0 spiro atoms. The number of amides is 1. The zero-order chi connectivity index (χ0) is 24.6. The van der Waals surface area contributed by atoms with E-state index in [2.05, 4.69) is 5.32 Å². The van der Waals surface area contributed by atoms with Crippen LogP contribution in [-0.4, -0.2) is 31.0 Å². The monoisotopic (exact) mass is 472 g/mol. The van der Waals surface area contributed by atoms with Crippen LogP contribution in [0.15, 0.2) is 36.4 Å². The van der Waals surface area contributed by atoms with Crippen molar-refractivity contribution in [3.8, 4) is 12.1 Å². The predicted octanol–water partition coefficient (Wildman–Crippen LogP) is 4.32. The molecule has 1 heterocycles. The van der Waals surface area contributed by atoms with Gasteiger partial charge in [-0.1, -0.05) is 0 Å². The highest BCUT2D eigenvalue weighted by atomic mass is 19.4. The van der Waals surface area contributed by atoms with Crippen molar-refractivity contribution in [2.24, 2.45) is 0 Å². The van der Waals surface area contributed by atoms with Crippen LogP contribution in [0.3, 0.4) is 0 Å². The summed E-state index contributed by atoms with van der Waals surface area (Å²) in [5.41, 5.74) is -3.28. The minimum atomic E-state index is -5.08. The first-order valence-corrected chi connectivity index (χ1v) is 8.96. The standard InChI is InChI=1S/C20H11F7N4O2/c21-15-5-12(3-1-11(15)8-29)30-17(32)16-9-31(18(33-16)20(25,26)27)13-4-2-10(7-28)14(6-13)19(22,23)24/h1-6,16,18H,9H2,(H,30,32)/t16-,18+/m0/s1. The second kappa shape index (κ2) is 8.60. The average molecular weight is 472 g/mol. The SMILES string of the molecule is N#Cc1ccc(NC(=O)[C@@H]2CN(c3ccc(C#N)c(C(F)(F)F)c3)[C@@H](C(F)(F)F)O2)cc1F. The largest absolute Gasteiger partial charge is 0.433 e. The van der Waals surface area contributed by atoms with E-state index in [1.165, 1.54) is 6.07 Å². The van der Waals surface area contributed by atoms with Gasteiger partial charge in [0.05, 0.1) is 29.3 Å². The minimum Gasteiger partial charge on any atom is -0.335 e. The van der Waals surface area contributed by atoms with Crippen LogP contribution in [-0.2, 0) is 15.7 Å². The maximum absolute atomic E-state index is 13.7. The Morgan fingerprint density at radius 1 is 1.03 bits per heavy atom. The third kappa shape index (κ3) is 4.99. The Labute approximate surface area is 181 Å². The fourth-order valence-electron chi connectivity index (χ4n) is 3.14. The van der Waals surface area contributed by atoms with Gasteiger partial charge in [0.15, 0.2) is 6.10 Å². The van der Waals surface area contributed by atoms with Crippen molar-refractivity contribution in [1.29, 1.82) is 10.5 Å². The van der Waals surface area contributed by atoms with Gasteiger partial charge in [-0.15, -0.1) is 0 Å². The Hall–Kier alpha value is -3.84. The molecule has 6 nitrogen and oxygen atoms in total. The summed E-state index contributed by atoms with van der Waals surface area (Å²) in [6, 6.07) is 7.81. The number of hydrogen-bond donors (Lipinski definition) is 1. The summed E-state index contributed by atoms with van der Waals surface area (Å²) in [6.07, 6.45) is -14.6. The lowest BCUT2D eigenvalue weighted by Gasteiger charge is -2.27. The summed E-state index contributed by atoms with van der Waals surface area (Å²) >= 11 is 0. The highest BCUT2D eigenvalue weighted by molar-refractivity contribution is 5.95. The Kier molecular flexibility index (Phi) is 6.20. The molecule has 0 saturated carbocycles. The van der Waals surface area contributed by atoms with Gasteiger partial charge in [0.1, 0.15) is 11.9 Å². The maximum Gasteiger partial charge on any atom is 0.433 e. The van der Waals surface area contributed by atoms with Crippen LogP contribution < -0.4 is 10.2 Å². The smallest absolute Gasteiger partial charge is 0.335 e. The fraction of sp³-hybridized carbons (Fsp3) is 0.250. The zero-order valence-corrected chi connectivity index (χ0v) is 16.1. The highest BCUT2D eigenvalue weighted by Crippen LogP contribution is 2.39. The summed E-state index contributed by atoms with van der Waals surface area (Å²) in [6.45, 7) is -0.780. The zero-order valence-electron chi connectivity index (χ0n) is 16.1. The molecular formula is C20H11F7N4O2. The molecule has 1 fully saturated rings. The van der Waals surface area contributed by atoms with Crippen LogP contribution in [0.1, 0.15) is 16.7 Å². The van der Waals surface area contributed by atoms with Crippen molar-refractivity contribution in [3.63, 3.8) is 0 Å². The minimum absolute atomic E-state index is 0.167. The highest BCUT2D eigenvalue weighted by Gasteiger charge is 2.52. The topological polar surface area (TPSA) is 89.2 Å². The van der Waals surface area contributed by atoms with Gasteiger partial charge in [-0.2, -0.15) is 36.9 Å². The number of rotatable bonds is 3. The first-order valence-electron chi connectivity index (χ1n) is 8.96. The number of nitrogens with zero attached hydrogens (tertiary/aromatic N) is 3. The van der Waals surface area contributed by atoms with Crippen molar-refractivity contribution in [1.82, 2.24) is 0 Å². The first kappa shape index (κ1) is 23.8. The van der Waals surface area contributed by atoms with Gasteiger partial charge in [-0.3, -0.25) is 4.79 Å². The quantitative estimate of drug-likeness (QED) is 0.673. The molecule has 1 aliphatic heterocycles. The summed E-state index contributed by atoms with van der Waals surface area (Å²) in [5.74, 6) is -2.09. The van der Waals surface area contributed by atoms with E-state index < -0.39 is 59.8 Å². The fourth-order valence-corrected chi connectivity index (χ4v) is 3.14. The molecule has 2 aromatic carbocycles. The molecule has 0 unspecified atom stereocenters. The van der Waals surface area contributed by atoms with E-state index in [9.17, 15) is 35.5 Å². The van der Waals surface area contributed by atoms with E-state index in [1.807, 2.05) is 0 Å². The molecule has 172 valence electrons. The Balaban J connectivity index is 1.90. The van der Waals surface area contributed by atoms with E-state index in [-0.39, 0.29) is 11.3 Å². The van der Waals surface area contributed by atoms with Gasteiger partial charge < -0.3 is 15.0 Å². The second-order valence-electron chi connectivity index (χ2n) is 6.81. The van der Waals surface area contributed by atoms with E-state index in [1.54, 1.807) is 6.07 Å². The van der Waals surface area contributed by atoms with Gasteiger partial charge in [0.25, 0.3) is 5.91 Å². The van der Waals surface area contributed by atoms with Crippen LogP contribution in [0.5, 0.6) is 0 Å². The molecular weight excluding hydrogens is 461 g/mol. The van der Waals surface area contributed by atoms with Crippen molar-refractivity contribution >= 4 is 17.3 Å². The van der Waals surface area contributed by atoms with E-state index in [0.29, 0.717) is 11.0 Å². The molecule has 2 aromatic rings. The average Bonchev–Trinajstić information content (AvgIpc) is 3.19. The van der Waals surface area contributed by atoms with Gasteiger partial charge in [0.2, 0.25) is 6.23 Å². The second-order valence-corrected chi connectivity index (χ2v) is 6.81. The Morgan fingerprint density at radius 3 is 2.21 bits per heavy atom. The van der Waals surface area contributed by atoms with Crippen molar-refractivity contribution in [3.05, 3.63) is 58.9 Å². The van der Waals surface area contributed by atoms with Crippen LogP contribution in [0, 0.1) is 28.5 Å². The number of nitrogens with one attached hydrogen (secondary N) is 1. The van der Waals surface area contributed by atoms with Gasteiger partial charge in [-0.05, 0) is 36.4 Å². The summed E-state index contributed by atoms with van der Waals surface area (Å²) in [4.78, 5) is 12.8. The molecule has 0 aromatic heterocycles. The lowest BCUT2D eigenvalue weighted by Crippen LogP contribution is -2.42. The molecule has 0 bridgehead atoms. The van der Waals surface area contributed by atoms with Crippen molar-refractivity contribution in [2.45, 2.75) is 24.7 Å². The molecule has 0 radical (unpaired) electrons. The van der Waals surface area contributed by atoms with E-state index in [0.717, 1.165) is 30.3 Å². The summed E-state index contributed by atoms with van der Waals surface area (Å²) in [5, 5.41) is 19.7. The number of benzene rings is 2. The Morgan fingerprint density at radius 2 is 1.67 bits per heavy atom. The van der Waals surface area contributed by atoms with Gasteiger partial charge in [0, 0.05) is 11.4 Å². The normalized spacial score (nSPS) is 18.5. The predicted molar refractivity (Wildman–Crippen MR) is 98.0 cm³/mol. The van der Waals surface area contributed by atoms with Crippen LogP contribution in [0.2, 0.25) is 0 Å². The van der Waals surface area contributed by atoms with Crippen molar-refractivity contribution < 1.29 is 40.3 Å². The molecule has 1 amide bonds. The lowest BCUT2D eigenvalue weighted by molar-refractivity contribution is -0.212. The first-order chi connectivity index (χ1) is 15.3. The van der Waals surface area contributed by atoms with Crippen LogP contribution in [0.4, 0.5) is 42.1 Å². The number of ether oxygens (including phenoxy) is 1. The number of hydrogen-bond acceptors (Lipinski definition) is 5. The van der Waals surface area contributed by atoms with E-state index >= 15 is 0 Å². The molecule has 13 heteroatoms. The molecule has 1 aliphatic rings. The maximum atomic E-state index is 13.7. The molecule has 3 rings (SSSR count). The molecule has 2 atom stereocenters. The Bertz CT molecular complexity index is 1160. The number of anilines is 2. The third-order valence-corrected chi connectivity index (χ3v) is 4.63. The number of alkyl halides is 6. The number of halogens is 7. The van der Waals surface area contributed by atoms with Crippen LogP contribution >= 0.6 is 0 Å². The third-order valence-electron chi connectivity index (χ3n) is 4.63. The number of carbonyl (C=O) groups excluding carboxylic acids is 1. The van der Waals surface area contributed by atoms with E-state index in [4.69, 9.17) is 15.3 Å². The number of nitriles is 2. The van der Waals surface area contributed by atoms with Crippen LogP contribution in [0.25, 0.3) is 0 Å². The number of carbonyl (C=O) groups is 1. The molecule has 1 saturated heterocycles. The molecule has 33 heavy (non-hydrogen) atoms. The van der Waals surface area contributed by atoms with Gasteiger partial charge in [-0.25, -0.2) is 4.39 Å². The van der Waals surface area contributed by atoms with Crippen molar-refractivity contribution in [2.75, 3.05) is 16.8 Å². The lowest BCUT2D eigenvalue weighted by atomic mass is 10.1. The molecule has 0 aliphatic carbocycles. The van der Waals surface area contributed by atoms with Gasteiger partial charge >= 0.3 is 12.4 Å². The summed E-state index contributed by atoms with van der Waals surface area (Å²) in [7, 11) is 0. The molecule has 1 N–H and O–H groups in total. The summed E-state index contributed by atoms with van der Waals surface area (Å²) < 4.78 is 98.7.